The molecule has 2 heteroatoms. The molecule has 2 aromatic rings. The number of benzene rings is 2. The van der Waals surface area contributed by atoms with E-state index in [1.54, 1.807) is 6.07 Å². The Kier molecular flexibility index (Phi) is 3.28. The second kappa shape index (κ2) is 4.73. The van der Waals surface area contributed by atoms with Crippen LogP contribution in [0.25, 0.3) is 0 Å². The molecule has 94 valence electrons. The zero-order valence-electron chi connectivity index (χ0n) is 11.2. The molecule has 0 aliphatic rings. The number of aromatic hydroxyl groups is 1. The molecule has 0 bridgehead atoms. The van der Waals surface area contributed by atoms with E-state index in [4.69, 9.17) is 4.74 Å². The highest BCUT2D eigenvalue weighted by Crippen LogP contribution is 2.31. The summed E-state index contributed by atoms with van der Waals surface area (Å²) in [5.41, 5.74) is 4.21. The molecule has 2 nitrogen and oxygen atoms in total. The first-order valence-corrected chi connectivity index (χ1v) is 6.02. The predicted octanol–water partition coefficient (Wildman–Crippen LogP) is 4.42. The van der Waals surface area contributed by atoms with E-state index in [-0.39, 0.29) is 0 Å². The summed E-state index contributed by atoms with van der Waals surface area (Å²) in [5.74, 6) is 1.92. The molecule has 0 unspecified atom stereocenters. The summed E-state index contributed by atoms with van der Waals surface area (Å²) in [6, 6.07) is 9.62. The summed E-state index contributed by atoms with van der Waals surface area (Å²) in [5, 5.41) is 9.62. The molecule has 1 N–H and O–H groups in total. The van der Waals surface area contributed by atoms with Gasteiger partial charge in [0.1, 0.15) is 17.2 Å². The normalized spacial score (nSPS) is 10.4. The van der Waals surface area contributed by atoms with Gasteiger partial charge in [0.25, 0.3) is 0 Å². The van der Waals surface area contributed by atoms with Crippen molar-refractivity contribution in [3.63, 3.8) is 0 Å². The van der Waals surface area contributed by atoms with Crippen molar-refractivity contribution in [1.82, 2.24) is 0 Å². The maximum atomic E-state index is 9.62. The van der Waals surface area contributed by atoms with Crippen molar-refractivity contribution in [3.8, 4) is 17.2 Å². The molecular formula is C16H18O2. The minimum atomic E-state index is 0.305. The van der Waals surface area contributed by atoms with Crippen LogP contribution in [-0.4, -0.2) is 5.11 Å². The Bertz CT molecular complexity index is 586. The van der Waals surface area contributed by atoms with Crippen LogP contribution in [0.3, 0.4) is 0 Å². The van der Waals surface area contributed by atoms with Crippen LogP contribution in [0.1, 0.15) is 22.3 Å². The van der Waals surface area contributed by atoms with Crippen LogP contribution in [0.15, 0.2) is 30.3 Å². The van der Waals surface area contributed by atoms with Gasteiger partial charge in [-0.1, -0.05) is 6.07 Å². The van der Waals surface area contributed by atoms with Gasteiger partial charge in [-0.05, 0) is 74.2 Å². The van der Waals surface area contributed by atoms with Gasteiger partial charge >= 0.3 is 0 Å². The van der Waals surface area contributed by atoms with E-state index < -0.39 is 0 Å². The molecule has 0 aromatic heterocycles. The SMILES string of the molecule is Cc1ccc(Oc2cc(C)c(O)cc2C)cc1C. The fourth-order valence-electron chi connectivity index (χ4n) is 1.79. The number of hydrogen-bond donors (Lipinski definition) is 1. The standard InChI is InChI=1S/C16H18O2/c1-10-5-6-14(7-11(10)2)18-16-9-12(3)15(17)8-13(16)4/h5-9,17H,1-4H3. The van der Waals surface area contributed by atoms with Crippen molar-refractivity contribution in [3.05, 3.63) is 52.6 Å². The van der Waals surface area contributed by atoms with Gasteiger partial charge in [-0.15, -0.1) is 0 Å². The van der Waals surface area contributed by atoms with Gasteiger partial charge in [0.2, 0.25) is 0 Å². The molecule has 2 aromatic carbocycles. The van der Waals surface area contributed by atoms with Crippen LogP contribution in [0, 0.1) is 27.7 Å². The first-order chi connectivity index (χ1) is 8.47. The summed E-state index contributed by atoms with van der Waals surface area (Å²) in [4.78, 5) is 0. The molecule has 0 spiro atoms. The van der Waals surface area contributed by atoms with E-state index in [0.717, 1.165) is 22.6 Å². The number of hydrogen-bond acceptors (Lipinski definition) is 2. The van der Waals surface area contributed by atoms with Crippen LogP contribution < -0.4 is 4.74 Å². The molecule has 0 saturated carbocycles. The van der Waals surface area contributed by atoms with Gasteiger partial charge < -0.3 is 9.84 Å². The Morgan fingerprint density at radius 1 is 0.778 bits per heavy atom. The predicted molar refractivity (Wildman–Crippen MR) is 73.6 cm³/mol. The summed E-state index contributed by atoms with van der Waals surface area (Å²) in [7, 11) is 0. The Morgan fingerprint density at radius 3 is 2.17 bits per heavy atom. The lowest BCUT2D eigenvalue weighted by molar-refractivity contribution is 0.457. The van der Waals surface area contributed by atoms with Crippen molar-refractivity contribution in [2.75, 3.05) is 0 Å². The Labute approximate surface area is 108 Å². The molecule has 0 heterocycles. The van der Waals surface area contributed by atoms with E-state index >= 15 is 0 Å². The van der Waals surface area contributed by atoms with Gasteiger partial charge in [-0.2, -0.15) is 0 Å². The van der Waals surface area contributed by atoms with Gasteiger partial charge in [0.15, 0.2) is 0 Å². The van der Waals surface area contributed by atoms with Gasteiger partial charge in [-0.25, -0.2) is 0 Å². The first kappa shape index (κ1) is 12.5. The zero-order valence-corrected chi connectivity index (χ0v) is 11.2. The molecule has 2 rings (SSSR count). The average Bonchev–Trinajstić information content (AvgIpc) is 2.31. The molecular weight excluding hydrogens is 224 g/mol. The molecule has 0 atom stereocenters. The lowest BCUT2D eigenvalue weighted by Gasteiger charge is -2.12. The average molecular weight is 242 g/mol. The second-order valence-corrected chi connectivity index (χ2v) is 4.75. The number of aryl methyl sites for hydroxylation is 4. The quantitative estimate of drug-likeness (QED) is 0.844. The molecule has 0 radical (unpaired) electrons. The number of phenols is 1. The van der Waals surface area contributed by atoms with Crippen LogP contribution in [0.4, 0.5) is 0 Å². The largest absolute Gasteiger partial charge is 0.508 e. The smallest absolute Gasteiger partial charge is 0.130 e. The number of phenolic OH excluding ortho intramolecular Hbond substituents is 1. The van der Waals surface area contributed by atoms with E-state index in [1.807, 2.05) is 38.1 Å². The number of rotatable bonds is 2. The van der Waals surface area contributed by atoms with Crippen LogP contribution in [0.2, 0.25) is 0 Å². The molecule has 0 aliphatic carbocycles. The van der Waals surface area contributed by atoms with E-state index in [2.05, 4.69) is 13.8 Å². The van der Waals surface area contributed by atoms with Gasteiger partial charge in [-0.3, -0.25) is 0 Å². The third-order valence-corrected chi connectivity index (χ3v) is 3.20. The van der Waals surface area contributed by atoms with Crippen LogP contribution in [-0.2, 0) is 0 Å². The molecule has 0 aliphatic heterocycles. The second-order valence-electron chi connectivity index (χ2n) is 4.75. The lowest BCUT2D eigenvalue weighted by atomic mass is 10.1. The van der Waals surface area contributed by atoms with Crippen LogP contribution in [0.5, 0.6) is 17.2 Å². The molecule has 0 amide bonds. The maximum absolute atomic E-state index is 9.62. The fourth-order valence-corrected chi connectivity index (χ4v) is 1.79. The summed E-state index contributed by atoms with van der Waals surface area (Å²) in [6.45, 7) is 7.93. The van der Waals surface area contributed by atoms with E-state index in [0.29, 0.717) is 5.75 Å². The van der Waals surface area contributed by atoms with E-state index in [1.165, 1.54) is 11.1 Å². The minimum absolute atomic E-state index is 0.305. The van der Waals surface area contributed by atoms with Crippen molar-refractivity contribution < 1.29 is 9.84 Å². The summed E-state index contributed by atoms with van der Waals surface area (Å²) >= 11 is 0. The van der Waals surface area contributed by atoms with Gasteiger partial charge in [0.05, 0.1) is 0 Å². The van der Waals surface area contributed by atoms with Crippen molar-refractivity contribution in [1.29, 1.82) is 0 Å². The Morgan fingerprint density at radius 2 is 1.50 bits per heavy atom. The Balaban J connectivity index is 2.34. The summed E-state index contributed by atoms with van der Waals surface area (Å²) in [6.07, 6.45) is 0. The highest BCUT2D eigenvalue weighted by Gasteiger charge is 2.06. The van der Waals surface area contributed by atoms with E-state index in [9.17, 15) is 5.11 Å². The Hall–Kier alpha value is -1.96. The molecule has 0 saturated heterocycles. The highest BCUT2D eigenvalue weighted by molar-refractivity contribution is 5.46. The highest BCUT2D eigenvalue weighted by atomic mass is 16.5. The van der Waals surface area contributed by atoms with Gasteiger partial charge in [0, 0.05) is 0 Å². The van der Waals surface area contributed by atoms with Crippen molar-refractivity contribution in [2.24, 2.45) is 0 Å². The number of ether oxygens (including phenoxy) is 1. The monoisotopic (exact) mass is 242 g/mol. The van der Waals surface area contributed by atoms with Crippen molar-refractivity contribution >= 4 is 0 Å². The fraction of sp³-hybridized carbons (Fsp3) is 0.250. The third-order valence-electron chi connectivity index (χ3n) is 3.20. The maximum Gasteiger partial charge on any atom is 0.130 e. The molecule has 0 fully saturated rings. The molecule has 18 heavy (non-hydrogen) atoms. The summed E-state index contributed by atoms with van der Waals surface area (Å²) < 4.78 is 5.87. The van der Waals surface area contributed by atoms with Crippen LogP contribution >= 0.6 is 0 Å². The zero-order chi connectivity index (χ0) is 13.3. The lowest BCUT2D eigenvalue weighted by Crippen LogP contribution is -1.90. The topological polar surface area (TPSA) is 29.5 Å². The third kappa shape index (κ3) is 2.48. The minimum Gasteiger partial charge on any atom is -0.508 e. The first-order valence-electron chi connectivity index (χ1n) is 6.02. The van der Waals surface area contributed by atoms with Crippen molar-refractivity contribution in [2.45, 2.75) is 27.7 Å².